The number of fused-ring (bicyclic) bond motifs is 1. The highest BCUT2D eigenvalue weighted by atomic mass is 16.5. The lowest BCUT2D eigenvalue weighted by molar-refractivity contribution is -0.117. The van der Waals surface area contributed by atoms with Crippen molar-refractivity contribution in [3.05, 3.63) is 35.4 Å². The Morgan fingerprint density at radius 1 is 1.42 bits per heavy atom. The monoisotopic (exact) mass is 258 g/mol. The largest absolute Gasteiger partial charge is 0.488 e. The summed E-state index contributed by atoms with van der Waals surface area (Å²) in [5, 5.41) is 2.89. The summed E-state index contributed by atoms with van der Waals surface area (Å²) in [7, 11) is 0. The zero-order chi connectivity index (χ0) is 13.2. The third-order valence-corrected chi connectivity index (χ3v) is 3.65. The van der Waals surface area contributed by atoms with Gasteiger partial charge >= 0.3 is 0 Å². The van der Waals surface area contributed by atoms with Crippen molar-refractivity contribution in [2.24, 2.45) is 11.7 Å². The Morgan fingerprint density at radius 3 is 3.00 bits per heavy atom. The van der Waals surface area contributed by atoms with E-state index in [0.717, 1.165) is 11.3 Å². The molecule has 4 nitrogen and oxygen atoms in total. The number of nitrogens with two attached hydrogens (primary N) is 1. The number of ether oxygens (including phenoxy) is 1. The maximum absolute atomic E-state index is 12.0. The van der Waals surface area contributed by atoms with Crippen LogP contribution in [-0.2, 0) is 4.79 Å². The minimum atomic E-state index is -0.0781. The van der Waals surface area contributed by atoms with Gasteiger partial charge in [-0.05, 0) is 30.9 Å². The van der Waals surface area contributed by atoms with Gasteiger partial charge in [-0.15, -0.1) is 0 Å². The van der Waals surface area contributed by atoms with E-state index in [1.165, 1.54) is 12.8 Å². The van der Waals surface area contributed by atoms with E-state index < -0.39 is 0 Å². The summed E-state index contributed by atoms with van der Waals surface area (Å²) in [6.45, 7) is 0.865. The van der Waals surface area contributed by atoms with Crippen molar-refractivity contribution in [1.29, 1.82) is 0 Å². The molecule has 1 fully saturated rings. The second-order valence-corrected chi connectivity index (χ2v) is 5.21. The summed E-state index contributed by atoms with van der Waals surface area (Å²) in [4.78, 5) is 12.0. The minimum Gasteiger partial charge on any atom is -0.488 e. The summed E-state index contributed by atoms with van der Waals surface area (Å²) in [6.07, 6.45) is 4.27. The van der Waals surface area contributed by atoms with Gasteiger partial charge in [0.2, 0.25) is 0 Å². The molecular weight excluding hydrogens is 240 g/mol. The van der Waals surface area contributed by atoms with E-state index in [1.54, 1.807) is 0 Å². The Hall–Kier alpha value is -1.81. The van der Waals surface area contributed by atoms with Gasteiger partial charge in [-0.2, -0.15) is 0 Å². The number of benzene rings is 1. The lowest BCUT2D eigenvalue weighted by atomic mass is 10.1. The van der Waals surface area contributed by atoms with Crippen LogP contribution >= 0.6 is 0 Å². The molecule has 1 aliphatic heterocycles. The van der Waals surface area contributed by atoms with Crippen LogP contribution in [-0.4, -0.2) is 25.1 Å². The average molecular weight is 258 g/mol. The third-order valence-electron chi connectivity index (χ3n) is 3.65. The Morgan fingerprint density at radius 2 is 2.21 bits per heavy atom. The molecular formula is C15H18N2O2. The number of rotatable bonds is 4. The van der Waals surface area contributed by atoms with E-state index in [2.05, 4.69) is 5.32 Å². The number of carbonyl (C=O) groups is 1. The SMILES string of the molecule is NC(CNC(=O)C1=Cc2ccccc2OC1)C1CC1. The van der Waals surface area contributed by atoms with Gasteiger partial charge in [-0.1, -0.05) is 18.2 Å². The molecule has 2 aliphatic rings. The lowest BCUT2D eigenvalue weighted by Crippen LogP contribution is -2.40. The topological polar surface area (TPSA) is 64.3 Å². The predicted molar refractivity (Wildman–Crippen MR) is 73.6 cm³/mol. The Labute approximate surface area is 112 Å². The molecule has 0 bridgehead atoms. The van der Waals surface area contributed by atoms with Crippen molar-refractivity contribution in [2.45, 2.75) is 18.9 Å². The molecule has 0 radical (unpaired) electrons. The fraction of sp³-hybridized carbons (Fsp3) is 0.400. The van der Waals surface area contributed by atoms with Crippen LogP contribution in [0.5, 0.6) is 5.75 Å². The first kappa shape index (κ1) is 12.2. The Balaban J connectivity index is 1.62. The van der Waals surface area contributed by atoms with Crippen LogP contribution in [0.1, 0.15) is 18.4 Å². The number of carbonyl (C=O) groups excluding carboxylic acids is 1. The molecule has 0 spiro atoms. The molecule has 100 valence electrons. The number of hydrogen-bond acceptors (Lipinski definition) is 3. The first-order valence-electron chi connectivity index (χ1n) is 6.70. The molecule has 1 atom stereocenters. The Kier molecular flexibility index (Phi) is 3.25. The van der Waals surface area contributed by atoms with Crippen molar-refractivity contribution in [3.63, 3.8) is 0 Å². The zero-order valence-electron chi connectivity index (χ0n) is 10.8. The summed E-state index contributed by atoms with van der Waals surface area (Å²) < 4.78 is 5.56. The van der Waals surface area contributed by atoms with Crippen molar-refractivity contribution in [2.75, 3.05) is 13.2 Å². The zero-order valence-corrected chi connectivity index (χ0v) is 10.8. The predicted octanol–water partition coefficient (Wildman–Crippen LogP) is 1.32. The van der Waals surface area contributed by atoms with Gasteiger partial charge in [0.05, 0.1) is 5.57 Å². The van der Waals surface area contributed by atoms with Gasteiger partial charge in [0.15, 0.2) is 0 Å². The fourth-order valence-electron chi connectivity index (χ4n) is 2.26. The summed E-state index contributed by atoms with van der Waals surface area (Å²) in [5.41, 5.74) is 7.57. The summed E-state index contributed by atoms with van der Waals surface area (Å²) >= 11 is 0. The average Bonchev–Trinajstić information content (AvgIpc) is 3.28. The number of amides is 1. The first-order chi connectivity index (χ1) is 9.24. The number of para-hydroxylation sites is 1. The van der Waals surface area contributed by atoms with Gasteiger partial charge in [0, 0.05) is 18.2 Å². The van der Waals surface area contributed by atoms with Gasteiger partial charge < -0.3 is 15.8 Å². The molecule has 19 heavy (non-hydrogen) atoms. The summed E-state index contributed by atoms with van der Waals surface area (Å²) in [6, 6.07) is 7.79. The van der Waals surface area contributed by atoms with Crippen molar-refractivity contribution in [1.82, 2.24) is 5.32 Å². The first-order valence-corrected chi connectivity index (χ1v) is 6.70. The standard InChI is InChI=1S/C15H18N2O2/c16-13(10-5-6-10)8-17-15(18)12-7-11-3-1-2-4-14(11)19-9-12/h1-4,7,10,13H,5-6,8-9,16H2,(H,17,18). The van der Waals surface area contributed by atoms with Crippen molar-refractivity contribution >= 4 is 12.0 Å². The molecule has 3 rings (SSSR count). The third kappa shape index (κ3) is 2.79. The molecule has 1 saturated carbocycles. The Bertz CT molecular complexity index is 521. The van der Waals surface area contributed by atoms with Gasteiger partial charge in [-0.25, -0.2) is 0 Å². The highest BCUT2D eigenvalue weighted by molar-refractivity contribution is 5.99. The van der Waals surface area contributed by atoms with Gasteiger partial charge in [-0.3, -0.25) is 4.79 Å². The van der Waals surface area contributed by atoms with Crippen LogP contribution in [0.25, 0.3) is 6.08 Å². The molecule has 1 unspecified atom stereocenters. The quantitative estimate of drug-likeness (QED) is 0.856. The van der Waals surface area contributed by atoms with E-state index >= 15 is 0 Å². The van der Waals surface area contributed by atoms with E-state index in [-0.39, 0.29) is 11.9 Å². The van der Waals surface area contributed by atoms with Crippen LogP contribution < -0.4 is 15.8 Å². The molecule has 1 heterocycles. The molecule has 1 aliphatic carbocycles. The highest BCUT2D eigenvalue weighted by Crippen LogP contribution is 2.31. The minimum absolute atomic E-state index is 0.0781. The molecule has 1 amide bonds. The molecule has 0 saturated heterocycles. The normalized spacial score (nSPS) is 18.9. The molecule has 1 aromatic rings. The van der Waals surface area contributed by atoms with Crippen LogP contribution in [0, 0.1) is 5.92 Å². The second kappa shape index (κ2) is 5.05. The van der Waals surface area contributed by atoms with Gasteiger partial charge in [0.1, 0.15) is 12.4 Å². The second-order valence-electron chi connectivity index (χ2n) is 5.21. The molecule has 3 N–H and O–H groups in total. The lowest BCUT2D eigenvalue weighted by Gasteiger charge is -2.18. The number of hydrogen-bond donors (Lipinski definition) is 2. The van der Waals surface area contributed by atoms with Gasteiger partial charge in [0.25, 0.3) is 5.91 Å². The van der Waals surface area contributed by atoms with E-state index in [9.17, 15) is 4.79 Å². The van der Waals surface area contributed by atoms with E-state index in [1.807, 2.05) is 30.3 Å². The van der Waals surface area contributed by atoms with E-state index in [0.29, 0.717) is 24.6 Å². The summed E-state index contributed by atoms with van der Waals surface area (Å²) in [5.74, 6) is 1.34. The fourth-order valence-corrected chi connectivity index (χ4v) is 2.26. The smallest absolute Gasteiger partial charge is 0.250 e. The molecule has 0 aromatic heterocycles. The van der Waals surface area contributed by atoms with E-state index in [4.69, 9.17) is 10.5 Å². The maximum Gasteiger partial charge on any atom is 0.250 e. The number of nitrogens with one attached hydrogen (secondary N) is 1. The molecule has 1 aromatic carbocycles. The maximum atomic E-state index is 12.0. The van der Waals surface area contributed by atoms with Crippen LogP contribution in [0.3, 0.4) is 0 Å². The van der Waals surface area contributed by atoms with Crippen LogP contribution in [0.2, 0.25) is 0 Å². The molecule has 4 heteroatoms. The highest BCUT2D eigenvalue weighted by Gasteiger charge is 2.28. The van der Waals surface area contributed by atoms with Crippen LogP contribution in [0.15, 0.2) is 29.8 Å². The van der Waals surface area contributed by atoms with Crippen molar-refractivity contribution in [3.8, 4) is 5.75 Å². The van der Waals surface area contributed by atoms with Crippen molar-refractivity contribution < 1.29 is 9.53 Å². The van der Waals surface area contributed by atoms with Crippen LogP contribution in [0.4, 0.5) is 0 Å².